The van der Waals surface area contributed by atoms with Crippen LogP contribution >= 0.6 is 27.7 Å². The van der Waals surface area contributed by atoms with Gasteiger partial charge in [0.15, 0.2) is 0 Å². The number of rotatable bonds is 1. The summed E-state index contributed by atoms with van der Waals surface area (Å²) in [6, 6.07) is 7.70. The van der Waals surface area contributed by atoms with Crippen molar-refractivity contribution in [1.29, 1.82) is 0 Å². The summed E-state index contributed by atoms with van der Waals surface area (Å²) in [4.78, 5) is 13.2. The van der Waals surface area contributed by atoms with E-state index in [2.05, 4.69) is 31.5 Å². The van der Waals surface area contributed by atoms with Crippen LogP contribution in [0.15, 0.2) is 28.7 Å². The summed E-state index contributed by atoms with van der Waals surface area (Å²) in [7, 11) is 0. The summed E-state index contributed by atoms with van der Waals surface area (Å²) in [6.45, 7) is 0. The number of carbonyl (C=O) groups excluding carboxylic acids is 1. The number of carbonyl (C=O) groups is 1. The fourth-order valence-corrected chi connectivity index (χ4v) is 2.98. The fraction of sp³-hybridized carbons (Fsp3) is 0.111. The first-order valence-corrected chi connectivity index (χ1v) is 6.57. The van der Waals surface area contributed by atoms with Gasteiger partial charge in [-0.1, -0.05) is 0 Å². The maximum atomic E-state index is 11.5. The van der Waals surface area contributed by atoms with Gasteiger partial charge in [0.1, 0.15) is 0 Å². The molecule has 5 heteroatoms. The number of hydrogen-bond acceptors (Lipinski definition) is 2. The van der Waals surface area contributed by atoms with E-state index >= 15 is 0 Å². The van der Waals surface area contributed by atoms with Crippen LogP contribution < -0.4 is 4.90 Å². The Labute approximate surface area is 103 Å². The predicted octanol–water partition coefficient (Wildman–Crippen LogP) is 1.78. The van der Waals surface area contributed by atoms with Gasteiger partial charge in [0.2, 0.25) is 0 Å². The molecule has 1 aromatic rings. The van der Waals surface area contributed by atoms with Gasteiger partial charge in [0.25, 0.3) is 0 Å². The number of nitrogens with zero attached hydrogens (tertiary/aromatic N) is 1. The Morgan fingerprint density at radius 3 is 2.50 bits per heavy atom. The van der Waals surface area contributed by atoms with Crippen molar-refractivity contribution >= 4 is 58.7 Å². The Morgan fingerprint density at radius 1 is 1.36 bits per heavy atom. The molecule has 1 heterocycles. The van der Waals surface area contributed by atoms with E-state index in [1.807, 2.05) is 24.3 Å². The molecule has 72 valence electrons. The molecular weight excluding hydrogens is 329 g/mol. The molecule has 0 aliphatic carbocycles. The van der Waals surface area contributed by atoms with Crippen LogP contribution in [0.3, 0.4) is 0 Å². The van der Waals surface area contributed by atoms with Gasteiger partial charge in [-0.2, -0.15) is 0 Å². The second kappa shape index (κ2) is 4.19. The normalized spacial score (nSPS) is 16.5. The van der Waals surface area contributed by atoms with Crippen LogP contribution in [0.1, 0.15) is 0 Å². The monoisotopic (exact) mass is 335 g/mol. The van der Waals surface area contributed by atoms with Crippen LogP contribution in [0.4, 0.5) is 5.69 Å². The van der Waals surface area contributed by atoms with Gasteiger partial charge in [-0.15, -0.1) is 0 Å². The first-order valence-electron chi connectivity index (χ1n) is 3.94. The second-order valence-electron chi connectivity index (χ2n) is 2.76. The summed E-state index contributed by atoms with van der Waals surface area (Å²) in [5, 5.41) is 0. The van der Waals surface area contributed by atoms with Crippen LogP contribution in [0.2, 0.25) is 0 Å². The molecule has 0 atom stereocenters. The Balaban J connectivity index is 2.34. The molecule has 1 fully saturated rings. The quantitative estimate of drug-likeness (QED) is 0.730. The molecule has 0 N–H and O–H groups in total. The SMILES string of the molecule is O=C1CSC(=[Se])N1c1ccc(Br)cc1. The number of amides is 1. The van der Waals surface area contributed by atoms with Crippen molar-refractivity contribution in [1.82, 2.24) is 0 Å². The Morgan fingerprint density at radius 2 is 2.00 bits per heavy atom. The average Bonchev–Trinajstić information content (AvgIpc) is 2.49. The van der Waals surface area contributed by atoms with E-state index in [-0.39, 0.29) is 5.91 Å². The van der Waals surface area contributed by atoms with E-state index in [1.165, 1.54) is 11.8 Å². The Kier molecular flexibility index (Phi) is 3.12. The van der Waals surface area contributed by atoms with Gasteiger partial charge in [0, 0.05) is 0 Å². The molecule has 0 spiro atoms. The summed E-state index contributed by atoms with van der Waals surface area (Å²) in [5.41, 5.74) is 0.914. The molecule has 0 radical (unpaired) electrons. The number of benzene rings is 1. The summed E-state index contributed by atoms with van der Waals surface area (Å²) < 4.78 is 1.94. The van der Waals surface area contributed by atoms with E-state index in [1.54, 1.807) is 4.90 Å². The van der Waals surface area contributed by atoms with Crippen molar-refractivity contribution in [2.45, 2.75) is 0 Å². The van der Waals surface area contributed by atoms with Crippen LogP contribution in [0.25, 0.3) is 0 Å². The molecule has 1 aromatic carbocycles. The molecule has 2 rings (SSSR count). The number of thioether (sulfide) groups is 1. The standard InChI is InChI=1S/C9H6BrNOSSe/c10-6-1-3-7(4-2-6)11-8(12)5-13-9(11)14/h1-4H,5H2. The van der Waals surface area contributed by atoms with Crippen molar-refractivity contribution in [2.75, 3.05) is 10.7 Å². The first-order chi connectivity index (χ1) is 6.68. The van der Waals surface area contributed by atoms with E-state index in [0.29, 0.717) is 5.75 Å². The Hall–Kier alpha value is -0.0905. The third-order valence-corrected chi connectivity index (χ3v) is 4.31. The summed E-state index contributed by atoms with van der Waals surface area (Å²) in [6.07, 6.45) is 0. The van der Waals surface area contributed by atoms with E-state index in [4.69, 9.17) is 0 Å². The van der Waals surface area contributed by atoms with Crippen molar-refractivity contribution in [3.63, 3.8) is 0 Å². The zero-order chi connectivity index (χ0) is 10.1. The minimum atomic E-state index is 0.131. The van der Waals surface area contributed by atoms with Gasteiger partial charge in [-0.3, -0.25) is 0 Å². The molecule has 0 unspecified atom stereocenters. The van der Waals surface area contributed by atoms with Crippen molar-refractivity contribution < 1.29 is 4.79 Å². The number of anilines is 1. The topological polar surface area (TPSA) is 20.3 Å². The third kappa shape index (κ3) is 1.96. The molecule has 1 saturated heterocycles. The van der Waals surface area contributed by atoms with Crippen LogP contribution in [-0.2, 0) is 4.79 Å². The maximum absolute atomic E-state index is 11.5. The summed E-state index contributed by atoms with van der Waals surface area (Å²) in [5.74, 6) is 0.657. The summed E-state index contributed by atoms with van der Waals surface area (Å²) >= 11 is 7.80. The zero-order valence-corrected chi connectivity index (χ0v) is 11.2. The molecular formula is C9H6BrNOSSe. The molecule has 2 nitrogen and oxygen atoms in total. The third-order valence-electron chi connectivity index (χ3n) is 1.84. The van der Waals surface area contributed by atoms with Crippen LogP contribution in [-0.4, -0.2) is 31.1 Å². The zero-order valence-electron chi connectivity index (χ0n) is 7.07. The van der Waals surface area contributed by atoms with Gasteiger partial charge in [-0.05, 0) is 0 Å². The van der Waals surface area contributed by atoms with Crippen molar-refractivity contribution in [3.8, 4) is 0 Å². The van der Waals surface area contributed by atoms with Gasteiger partial charge in [0.05, 0.1) is 0 Å². The van der Waals surface area contributed by atoms with Crippen LogP contribution in [0.5, 0.6) is 0 Å². The molecule has 1 aliphatic rings. The molecule has 0 bridgehead atoms. The van der Waals surface area contributed by atoms with Crippen molar-refractivity contribution in [2.24, 2.45) is 0 Å². The first kappa shape index (κ1) is 10.4. The molecule has 1 aliphatic heterocycles. The number of halogens is 1. The van der Waals surface area contributed by atoms with Gasteiger partial charge in [-0.25, -0.2) is 0 Å². The van der Waals surface area contributed by atoms with Crippen LogP contribution in [0, 0.1) is 0 Å². The Bertz CT molecular complexity index is 376. The molecule has 14 heavy (non-hydrogen) atoms. The molecule has 0 saturated carbocycles. The van der Waals surface area contributed by atoms with E-state index in [0.717, 1.165) is 14.0 Å². The van der Waals surface area contributed by atoms with E-state index in [9.17, 15) is 4.79 Å². The fourth-order valence-electron chi connectivity index (χ4n) is 1.19. The predicted molar refractivity (Wildman–Crippen MR) is 64.8 cm³/mol. The van der Waals surface area contributed by atoms with E-state index < -0.39 is 0 Å². The van der Waals surface area contributed by atoms with Gasteiger partial charge >= 0.3 is 103 Å². The minimum absolute atomic E-state index is 0.131. The molecule has 1 amide bonds. The molecule has 0 aromatic heterocycles. The number of hydrogen-bond donors (Lipinski definition) is 0. The van der Waals surface area contributed by atoms with Crippen molar-refractivity contribution in [3.05, 3.63) is 28.7 Å². The average molecular weight is 335 g/mol. The second-order valence-corrected chi connectivity index (χ2v) is 6.03. The van der Waals surface area contributed by atoms with Gasteiger partial charge < -0.3 is 0 Å².